The number of hydrogen-bond acceptors (Lipinski definition) is 4. The predicted molar refractivity (Wildman–Crippen MR) is 106 cm³/mol. The van der Waals surface area contributed by atoms with Crippen molar-refractivity contribution in [1.82, 2.24) is 24.8 Å². The molecule has 0 unspecified atom stereocenters. The molecule has 0 aliphatic carbocycles. The van der Waals surface area contributed by atoms with E-state index in [1.165, 1.54) is 0 Å². The Balaban J connectivity index is 1.38. The van der Waals surface area contributed by atoms with Gasteiger partial charge in [0.25, 0.3) is 5.91 Å². The Morgan fingerprint density at radius 2 is 1.71 bits per heavy atom. The Bertz CT molecular complexity index is 1040. The maximum Gasteiger partial charge on any atom is 0.251 e. The zero-order chi connectivity index (χ0) is 19.2. The number of amides is 1. The van der Waals surface area contributed by atoms with Crippen LogP contribution < -0.4 is 5.32 Å². The molecule has 4 aromatic rings. The summed E-state index contributed by atoms with van der Waals surface area (Å²) in [6.07, 6.45) is 10.7. The first-order valence-electron chi connectivity index (χ1n) is 8.96. The summed E-state index contributed by atoms with van der Waals surface area (Å²) in [5.41, 5.74) is 4.60. The average Bonchev–Trinajstić information content (AvgIpc) is 3.26. The number of carbonyl (C=O) groups excluding carboxylic acids is 1. The van der Waals surface area contributed by atoms with E-state index in [2.05, 4.69) is 20.3 Å². The Hall–Kier alpha value is -3.80. The molecule has 0 fully saturated rings. The minimum Gasteiger partial charge on any atom is -0.348 e. The van der Waals surface area contributed by atoms with Gasteiger partial charge in [0.15, 0.2) is 0 Å². The second kappa shape index (κ2) is 8.26. The Kier molecular flexibility index (Phi) is 5.20. The van der Waals surface area contributed by atoms with Gasteiger partial charge in [-0.15, -0.1) is 0 Å². The number of imidazole rings is 1. The van der Waals surface area contributed by atoms with Crippen molar-refractivity contribution in [3.05, 3.63) is 103 Å². The Morgan fingerprint density at radius 3 is 2.46 bits per heavy atom. The molecule has 0 aliphatic heterocycles. The van der Waals surface area contributed by atoms with Crippen LogP contribution in [0.1, 0.15) is 21.5 Å². The third kappa shape index (κ3) is 4.29. The van der Waals surface area contributed by atoms with E-state index in [4.69, 9.17) is 0 Å². The summed E-state index contributed by atoms with van der Waals surface area (Å²) in [6.45, 7) is 1.17. The van der Waals surface area contributed by atoms with Crippen LogP contribution in [0.4, 0.5) is 0 Å². The lowest BCUT2D eigenvalue weighted by molar-refractivity contribution is 0.0951. The normalized spacial score (nSPS) is 10.6. The van der Waals surface area contributed by atoms with Crippen LogP contribution in [0.25, 0.3) is 11.3 Å². The number of nitrogens with zero attached hydrogens (tertiary/aromatic N) is 4. The number of pyridine rings is 2. The highest BCUT2D eigenvalue weighted by molar-refractivity contribution is 5.94. The van der Waals surface area contributed by atoms with Gasteiger partial charge in [0.05, 0.1) is 12.0 Å². The van der Waals surface area contributed by atoms with E-state index >= 15 is 0 Å². The van der Waals surface area contributed by atoms with Gasteiger partial charge >= 0.3 is 0 Å². The van der Waals surface area contributed by atoms with Crippen LogP contribution in [0.2, 0.25) is 0 Å². The van der Waals surface area contributed by atoms with Gasteiger partial charge in [-0.3, -0.25) is 14.8 Å². The van der Waals surface area contributed by atoms with E-state index in [1.807, 2.05) is 59.3 Å². The monoisotopic (exact) mass is 369 g/mol. The second-order valence-corrected chi connectivity index (χ2v) is 6.40. The van der Waals surface area contributed by atoms with Gasteiger partial charge in [-0.1, -0.05) is 12.1 Å². The molecule has 3 aromatic heterocycles. The number of carbonyl (C=O) groups is 1. The molecule has 138 valence electrons. The highest BCUT2D eigenvalue weighted by atomic mass is 16.1. The predicted octanol–water partition coefficient (Wildman–Crippen LogP) is 3.32. The van der Waals surface area contributed by atoms with Gasteiger partial charge in [0.2, 0.25) is 0 Å². The highest BCUT2D eigenvalue weighted by Crippen LogP contribution is 2.16. The molecule has 6 nitrogen and oxygen atoms in total. The van der Waals surface area contributed by atoms with Crippen LogP contribution in [0, 0.1) is 0 Å². The maximum absolute atomic E-state index is 12.5. The van der Waals surface area contributed by atoms with Crippen molar-refractivity contribution < 1.29 is 4.79 Å². The summed E-state index contributed by atoms with van der Waals surface area (Å²) < 4.78 is 1.99. The van der Waals surface area contributed by atoms with Crippen molar-refractivity contribution in [2.45, 2.75) is 13.1 Å². The van der Waals surface area contributed by atoms with E-state index in [0.717, 1.165) is 28.9 Å². The third-order valence-electron chi connectivity index (χ3n) is 4.39. The van der Waals surface area contributed by atoms with Crippen molar-refractivity contribution >= 4 is 5.91 Å². The third-order valence-corrected chi connectivity index (χ3v) is 4.39. The minimum atomic E-state index is -0.101. The van der Waals surface area contributed by atoms with E-state index in [9.17, 15) is 4.79 Å². The number of benzene rings is 1. The first-order valence-corrected chi connectivity index (χ1v) is 8.96. The van der Waals surface area contributed by atoms with E-state index in [1.54, 1.807) is 31.1 Å². The number of rotatable bonds is 6. The van der Waals surface area contributed by atoms with Crippen LogP contribution in [-0.2, 0) is 13.1 Å². The molecule has 1 aromatic carbocycles. The molecule has 6 heteroatoms. The first kappa shape index (κ1) is 17.6. The van der Waals surface area contributed by atoms with Crippen molar-refractivity contribution in [2.24, 2.45) is 0 Å². The van der Waals surface area contributed by atoms with Crippen molar-refractivity contribution in [1.29, 1.82) is 0 Å². The second-order valence-electron chi connectivity index (χ2n) is 6.40. The number of hydrogen-bond donors (Lipinski definition) is 1. The van der Waals surface area contributed by atoms with Crippen LogP contribution >= 0.6 is 0 Å². The van der Waals surface area contributed by atoms with E-state index < -0.39 is 0 Å². The molecule has 0 aliphatic rings. The van der Waals surface area contributed by atoms with Crippen LogP contribution in [0.5, 0.6) is 0 Å². The van der Waals surface area contributed by atoms with Crippen LogP contribution in [-0.4, -0.2) is 25.4 Å². The highest BCUT2D eigenvalue weighted by Gasteiger charge is 2.07. The van der Waals surface area contributed by atoms with Gasteiger partial charge in [-0.05, 0) is 47.5 Å². The Labute approximate surface area is 162 Å². The summed E-state index contributed by atoms with van der Waals surface area (Å²) in [4.78, 5) is 24.9. The van der Waals surface area contributed by atoms with Crippen molar-refractivity contribution in [3.63, 3.8) is 0 Å². The largest absolute Gasteiger partial charge is 0.348 e. The molecule has 0 atom stereocenters. The number of nitrogens with one attached hydrogen (secondary N) is 1. The van der Waals surface area contributed by atoms with Gasteiger partial charge in [-0.25, -0.2) is 4.98 Å². The molecule has 0 radical (unpaired) electrons. The fourth-order valence-electron chi connectivity index (χ4n) is 2.90. The molecule has 0 spiro atoms. The smallest absolute Gasteiger partial charge is 0.251 e. The van der Waals surface area contributed by atoms with Gasteiger partial charge in [0, 0.05) is 55.2 Å². The topological polar surface area (TPSA) is 72.7 Å². The summed E-state index contributed by atoms with van der Waals surface area (Å²) in [7, 11) is 0. The van der Waals surface area contributed by atoms with E-state index in [0.29, 0.717) is 12.1 Å². The maximum atomic E-state index is 12.5. The molecular formula is C22H19N5O. The molecule has 28 heavy (non-hydrogen) atoms. The molecule has 0 saturated carbocycles. The van der Waals surface area contributed by atoms with Gasteiger partial charge in [0.1, 0.15) is 0 Å². The quantitative estimate of drug-likeness (QED) is 0.566. The lowest BCUT2D eigenvalue weighted by atomic mass is 10.1. The Morgan fingerprint density at radius 1 is 0.893 bits per heavy atom. The molecule has 3 heterocycles. The van der Waals surface area contributed by atoms with Crippen molar-refractivity contribution in [2.75, 3.05) is 0 Å². The van der Waals surface area contributed by atoms with Crippen molar-refractivity contribution in [3.8, 4) is 11.3 Å². The lowest BCUT2D eigenvalue weighted by Gasteiger charge is -2.08. The minimum absolute atomic E-state index is 0.101. The lowest BCUT2D eigenvalue weighted by Crippen LogP contribution is -2.22. The fourth-order valence-corrected chi connectivity index (χ4v) is 2.90. The molecular weight excluding hydrogens is 350 g/mol. The number of aromatic nitrogens is 4. The molecule has 0 saturated heterocycles. The molecule has 1 N–H and O–H groups in total. The molecule has 4 rings (SSSR count). The van der Waals surface area contributed by atoms with Crippen LogP contribution in [0.3, 0.4) is 0 Å². The molecule has 1 amide bonds. The summed E-state index contributed by atoms with van der Waals surface area (Å²) in [6, 6.07) is 15.3. The first-order chi connectivity index (χ1) is 13.8. The summed E-state index contributed by atoms with van der Waals surface area (Å²) in [5, 5.41) is 2.96. The zero-order valence-electron chi connectivity index (χ0n) is 15.2. The molecule has 0 bridgehead atoms. The zero-order valence-corrected chi connectivity index (χ0v) is 15.2. The fraction of sp³-hybridized carbons (Fsp3) is 0.0909. The average molecular weight is 369 g/mol. The van der Waals surface area contributed by atoms with Crippen LogP contribution in [0.15, 0.2) is 85.8 Å². The van der Waals surface area contributed by atoms with E-state index in [-0.39, 0.29) is 5.91 Å². The summed E-state index contributed by atoms with van der Waals surface area (Å²) in [5.74, 6) is -0.101. The standard InChI is InChI=1S/C22H19N5O/c28-22(20-3-1-17(2-4-20)15-27-12-11-24-16-27)26-14-18-5-10-25-21(13-18)19-6-8-23-9-7-19/h1-13,16H,14-15H2,(H,26,28). The van der Waals surface area contributed by atoms with Gasteiger partial charge < -0.3 is 9.88 Å². The van der Waals surface area contributed by atoms with Gasteiger partial charge in [-0.2, -0.15) is 0 Å². The summed E-state index contributed by atoms with van der Waals surface area (Å²) >= 11 is 0. The SMILES string of the molecule is O=C(NCc1ccnc(-c2ccncc2)c1)c1ccc(Cn2ccnc2)cc1.